The molecule has 0 spiro atoms. The van der Waals surface area contributed by atoms with Gasteiger partial charge in [-0.15, -0.1) is 0 Å². The van der Waals surface area contributed by atoms with Gasteiger partial charge in [0.25, 0.3) is 0 Å². The summed E-state index contributed by atoms with van der Waals surface area (Å²) in [5.74, 6) is 0. The Hall–Kier alpha value is -1.57. The number of nitrogens with zero attached hydrogens (tertiary/aromatic N) is 1. The van der Waals surface area contributed by atoms with Gasteiger partial charge in [0.05, 0.1) is 11.6 Å². The number of hydrogen-bond donors (Lipinski definition) is 2. The molecule has 14 heavy (non-hydrogen) atoms. The zero-order valence-corrected chi connectivity index (χ0v) is 8.12. The number of nitrogens with two attached hydrogens (primary N) is 2. The monoisotopic (exact) mass is 209 g/mol. The molecule has 0 aromatic carbocycles. The van der Waals surface area contributed by atoms with E-state index < -0.39 is 6.04 Å². The molecule has 0 aliphatic rings. The fourth-order valence-electron chi connectivity index (χ4n) is 1.05. The number of nitrogens with one attached hydrogen (secondary N) is 1. The van der Waals surface area contributed by atoms with Gasteiger partial charge < -0.3 is 11.5 Å². The second-order valence-electron chi connectivity index (χ2n) is 2.62. The number of rotatable bonds is 2. The number of nitriles is 1. The second-order valence-corrected chi connectivity index (χ2v) is 3.03. The van der Waals surface area contributed by atoms with E-state index >= 15 is 0 Å². The van der Waals surface area contributed by atoms with Crippen LogP contribution in [-0.2, 0) is 0 Å². The van der Waals surface area contributed by atoms with Crippen molar-refractivity contribution in [3.05, 3.63) is 35.2 Å². The van der Waals surface area contributed by atoms with Crippen molar-refractivity contribution in [2.75, 3.05) is 0 Å². The largest absolute Gasteiger partial charge is 0.404 e. The Kier molecular flexibility index (Phi) is 3.46. The van der Waals surface area contributed by atoms with Crippen LogP contribution >= 0.6 is 11.6 Å². The Morgan fingerprint density at radius 3 is 2.93 bits per heavy atom. The SMILES string of the molecule is N#CC(N)/C(=C/N)c1[nH+]cccc1Cl. The Balaban J connectivity index is 3.16. The van der Waals surface area contributed by atoms with Crippen LogP contribution in [0.25, 0.3) is 5.57 Å². The van der Waals surface area contributed by atoms with Crippen molar-refractivity contribution in [3.8, 4) is 6.07 Å². The molecule has 1 aromatic heterocycles. The topological polar surface area (TPSA) is 90.0 Å². The lowest BCUT2D eigenvalue weighted by Crippen LogP contribution is -2.25. The van der Waals surface area contributed by atoms with E-state index in [0.717, 1.165) is 0 Å². The molecule has 0 saturated heterocycles. The van der Waals surface area contributed by atoms with Crippen molar-refractivity contribution >= 4 is 17.2 Å². The number of halogens is 1. The lowest BCUT2D eigenvalue weighted by Gasteiger charge is -2.04. The first-order valence-electron chi connectivity index (χ1n) is 3.94. The smallest absolute Gasteiger partial charge is 0.229 e. The van der Waals surface area contributed by atoms with E-state index in [1.807, 2.05) is 6.07 Å². The number of hydrogen-bond acceptors (Lipinski definition) is 3. The molecule has 1 unspecified atom stereocenters. The molecular weight excluding hydrogens is 200 g/mol. The summed E-state index contributed by atoms with van der Waals surface area (Å²) >= 11 is 5.91. The summed E-state index contributed by atoms with van der Waals surface area (Å²) in [5, 5.41) is 9.14. The average molecular weight is 210 g/mol. The van der Waals surface area contributed by atoms with Crippen LogP contribution in [0.15, 0.2) is 24.5 Å². The van der Waals surface area contributed by atoms with Gasteiger partial charge in [-0.1, -0.05) is 11.6 Å². The minimum Gasteiger partial charge on any atom is -0.404 e. The molecule has 5 heteroatoms. The van der Waals surface area contributed by atoms with E-state index in [2.05, 4.69) is 4.98 Å². The first-order chi connectivity index (χ1) is 6.70. The summed E-state index contributed by atoms with van der Waals surface area (Å²) in [5.41, 5.74) is 12.0. The molecule has 1 aromatic rings. The lowest BCUT2D eigenvalue weighted by atomic mass is 10.1. The number of H-pyrrole nitrogens is 1. The normalized spacial score (nSPS) is 13.4. The van der Waals surface area contributed by atoms with Crippen LogP contribution in [0, 0.1) is 11.3 Å². The predicted octanol–water partition coefficient (Wildman–Crippen LogP) is 0.305. The molecule has 0 bridgehead atoms. The van der Waals surface area contributed by atoms with Crippen LogP contribution in [0.3, 0.4) is 0 Å². The molecule has 0 amide bonds. The fourth-order valence-corrected chi connectivity index (χ4v) is 1.29. The van der Waals surface area contributed by atoms with Gasteiger partial charge in [-0.2, -0.15) is 5.26 Å². The van der Waals surface area contributed by atoms with E-state index in [1.165, 1.54) is 6.20 Å². The van der Waals surface area contributed by atoms with Gasteiger partial charge in [0.1, 0.15) is 11.1 Å². The maximum atomic E-state index is 8.66. The molecule has 1 rings (SSSR count). The van der Waals surface area contributed by atoms with Crippen molar-refractivity contribution in [1.82, 2.24) is 0 Å². The first-order valence-corrected chi connectivity index (χ1v) is 4.32. The molecule has 0 radical (unpaired) electrons. The summed E-state index contributed by atoms with van der Waals surface area (Å²) in [4.78, 5) is 2.89. The highest BCUT2D eigenvalue weighted by Gasteiger charge is 2.19. The Bertz CT molecular complexity index is 394. The van der Waals surface area contributed by atoms with Crippen LogP contribution in [0.1, 0.15) is 5.69 Å². The fraction of sp³-hybridized carbons (Fsp3) is 0.111. The highest BCUT2D eigenvalue weighted by atomic mass is 35.5. The zero-order chi connectivity index (χ0) is 10.6. The summed E-state index contributed by atoms with van der Waals surface area (Å²) in [6, 6.07) is 4.55. The minimum atomic E-state index is -0.781. The average Bonchev–Trinajstić information content (AvgIpc) is 2.21. The van der Waals surface area contributed by atoms with Gasteiger partial charge in [0.2, 0.25) is 5.69 Å². The third-order valence-corrected chi connectivity index (χ3v) is 2.06. The van der Waals surface area contributed by atoms with Crippen molar-refractivity contribution in [2.45, 2.75) is 6.04 Å². The van der Waals surface area contributed by atoms with Crippen LogP contribution in [-0.4, -0.2) is 6.04 Å². The number of pyridine rings is 1. The Morgan fingerprint density at radius 1 is 1.71 bits per heavy atom. The van der Waals surface area contributed by atoms with Crippen LogP contribution in [0.5, 0.6) is 0 Å². The highest BCUT2D eigenvalue weighted by Crippen LogP contribution is 2.19. The van der Waals surface area contributed by atoms with Crippen molar-refractivity contribution in [3.63, 3.8) is 0 Å². The zero-order valence-electron chi connectivity index (χ0n) is 7.37. The lowest BCUT2D eigenvalue weighted by molar-refractivity contribution is -0.381. The van der Waals surface area contributed by atoms with Crippen LogP contribution in [0.4, 0.5) is 0 Å². The number of aromatic amines is 1. The van der Waals surface area contributed by atoms with Crippen LogP contribution in [0.2, 0.25) is 5.02 Å². The van der Waals surface area contributed by atoms with Gasteiger partial charge in [-0.05, 0) is 6.07 Å². The molecule has 0 fully saturated rings. The Labute approximate surface area is 86.8 Å². The maximum absolute atomic E-state index is 8.66. The standard InChI is InChI=1S/C9H9ClN4/c10-7-2-1-3-14-9(7)6(4-11)8(13)5-12/h1-4,8H,11,13H2/p+1/b6-4-. The molecule has 0 aliphatic heterocycles. The molecule has 0 aliphatic carbocycles. The molecule has 1 atom stereocenters. The van der Waals surface area contributed by atoms with E-state index in [4.69, 9.17) is 28.3 Å². The van der Waals surface area contributed by atoms with Gasteiger partial charge in [0, 0.05) is 12.3 Å². The van der Waals surface area contributed by atoms with Crippen molar-refractivity contribution in [2.24, 2.45) is 11.5 Å². The molecule has 5 N–H and O–H groups in total. The van der Waals surface area contributed by atoms with E-state index in [9.17, 15) is 0 Å². The maximum Gasteiger partial charge on any atom is 0.229 e. The van der Waals surface area contributed by atoms with Gasteiger partial charge in [0.15, 0.2) is 6.20 Å². The van der Waals surface area contributed by atoms with Gasteiger partial charge in [-0.25, -0.2) is 4.98 Å². The quantitative estimate of drug-likeness (QED) is 0.734. The van der Waals surface area contributed by atoms with Gasteiger partial charge >= 0.3 is 0 Å². The number of aromatic nitrogens is 1. The third-order valence-electron chi connectivity index (χ3n) is 1.75. The van der Waals surface area contributed by atoms with E-state index in [-0.39, 0.29) is 0 Å². The molecular formula is C9H10ClN4+. The molecule has 1 heterocycles. The first kappa shape index (κ1) is 10.5. The third kappa shape index (κ3) is 2.02. The highest BCUT2D eigenvalue weighted by molar-refractivity contribution is 6.32. The summed E-state index contributed by atoms with van der Waals surface area (Å²) in [6.07, 6.45) is 2.97. The Morgan fingerprint density at radius 2 is 2.43 bits per heavy atom. The van der Waals surface area contributed by atoms with E-state index in [0.29, 0.717) is 16.3 Å². The van der Waals surface area contributed by atoms with Crippen molar-refractivity contribution < 1.29 is 4.98 Å². The second kappa shape index (κ2) is 4.61. The molecule has 0 saturated carbocycles. The summed E-state index contributed by atoms with van der Waals surface area (Å²) in [6.45, 7) is 0. The molecule has 4 nitrogen and oxygen atoms in total. The van der Waals surface area contributed by atoms with E-state index in [1.54, 1.807) is 18.3 Å². The minimum absolute atomic E-state index is 0.481. The van der Waals surface area contributed by atoms with Crippen molar-refractivity contribution in [1.29, 1.82) is 5.26 Å². The van der Waals surface area contributed by atoms with Gasteiger partial charge in [-0.3, -0.25) is 0 Å². The van der Waals surface area contributed by atoms with Crippen LogP contribution < -0.4 is 16.5 Å². The summed E-state index contributed by atoms with van der Waals surface area (Å²) in [7, 11) is 0. The predicted molar refractivity (Wildman–Crippen MR) is 53.8 cm³/mol. The molecule has 72 valence electrons. The summed E-state index contributed by atoms with van der Waals surface area (Å²) < 4.78 is 0.